The topological polar surface area (TPSA) is 86.7 Å². The Morgan fingerprint density at radius 1 is 1.45 bits per heavy atom. The maximum atomic E-state index is 11.9. The van der Waals surface area contributed by atoms with Crippen molar-refractivity contribution in [2.24, 2.45) is 0 Å². The number of phenolic OH excluding ortho intramolecular Hbond substituents is 1. The Kier molecular flexibility index (Phi) is 4.29. The number of carbonyl (C=O) groups excluding carboxylic acids is 1. The smallest absolute Gasteiger partial charge is 0.255 e. The number of sulfonamides is 1. The van der Waals surface area contributed by atoms with E-state index in [4.69, 9.17) is 0 Å². The zero-order chi connectivity index (χ0) is 14.8. The average molecular weight is 298 g/mol. The van der Waals surface area contributed by atoms with Gasteiger partial charge in [0.05, 0.1) is 11.3 Å². The summed E-state index contributed by atoms with van der Waals surface area (Å²) in [6.07, 6.45) is 0.634. The predicted molar refractivity (Wildman–Crippen MR) is 75.2 cm³/mol. The standard InChI is InChI=1S/C13H18N2O4S/c1-10-3-4-12(16)11(9-10)13(17)14-5-7-15-6-2-8-20(15,18)19/h3-4,9,16H,2,5-8H2,1H3,(H,14,17). The Bertz CT molecular complexity index is 613. The first kappa shape index (κ1) is 14.8. The third-order valence-electron chi connectivity index (χ3n) is 3.25. The fourth-order valence-electron chi connectivity index (χ4n) is 2.16. The maximum absolute atomic E-state index is 11.9. The molecule has 0 spiro atoms. The van der Waals surface area contributed by atoms with Crippen LogP contribution in [0.3, 0.4) is 0 Å². The highest BCUT2D eigenvalue weighted by Crippen LogP contribution is 2.18. The number of hydrogen-bond acceptors (Lipinski definition) is 4. The lowest BCUT2D eigenvalue weighted by atomic mass is 10.1. The third-order valence-corrected chi connectivity index (χ3v) is 5.20. The van der Waals surface area contributed by atoms with Gasteiger partial charge in [0.1, 0.15) is 5.75 Å². The molecule has 6 nitrogen and oxygen atoms in total. The number of nitrogens with zero attached hydrogens (tertiary/aromatic N) is 1. The van der Waals surface area contributed by atoms with Crippen molar-refractivity contribution in [3.8, 4) is 5.75 Å². The van der Waals surface area contributed by atoms with E-state index in [0.29, 0.717) is 13.0 Å². The van der Waals surface area contributed by atoms with Crippen LogP contribution in [0, 0.1) is 6.92 Å². The Balaban J connectivity index is 1.91. The molecule has 110 valence electrons. The molecule has 2 N–H and O–H groups in total. The van der Waals surface area contributed by atoms with Crippen LogP contribution in [-0.2, 0) is 10.0 Å². The van der Waals surface area contributed by atoms with E-state index < -0.39 is 15.9 Å². The van der Waals surface area contributed by atoms with Gasteiger partial charge in [-0.3, -0.25) is 4.79 Å². The zero-order valence-electron chi connectivity index (χ0n) is 11.3. The van der Waals surface area contributed by atoms with Gasteiger partial charge in [-0.1, -0.05) is 11.6 Å². The minimum Gasteiger partial charge on any atom is -0.507 e. The molecule has 1 saturated heterocycles. The fourth-order valence-corrected chi connectivity index (χ4v) is 3.69. The van der Waals surface area contributed by atoms with Crippen molar-refractivity contribution in [2.45, 2.75) is 13.3 Å². The van der Waals surface area contributed by atoms with Gasteiger partial charge in [-0.15, -0.1) is 0 Å². The number of aryl methyl sites for hydroxylation is 1. The van der Waals surface area contributed by atoms with E-state index in [0.717, 1.165) is 5.56 Å². The van der Waals surface area contributed by atoms with Crippen molar-refractivity contribution in [2.75, 3.05) is 25.4 Å². The molecule has 20 heavy (non-hydrogen) atoms. The number of benzene rings is 1. The first-order valence-electron chi connectivity index (χ1n) is 6.46. The van der Waals surface area contributed by atoms with Crippen molar-refractivity contribution >= 4 is 15.9 Å². The molecule has 1 fully saturated rings. The number of nitrogens with one attached hydrogen (secondary N) is 1. The molecule has 1 aliphatic heterocycles. The molecule has 1 aromatic carbocycles. The lowest BCUT2D eigenvalue weighted by Gasteiger charge is -2.14. The summed E-state index contributed by atoms with van der Waals surface area (Å²) in [6, 6.07) is 4.77. The summed E-state index contributed by atoms with van der Waals surface area (Å²) >= 11 is 0. The van der Waals surface area contributed by atoms with Crippen LogP contribution in [0.15, 0.2) is 18.2 Å². The number of amides is 1. The van der Waals surface area contributed by atoms with Crippen LogP contribution in [0.5, 0.6) is 5.75 Å². The Labute approximate surface area is 118 Å². The molecular weight excluding hydrogens is 280 g/mol. The summed E-state index contributed by atoms with van der Waals surface area (Å²) in [7, 11) is -3.13. The molecule has 0 bridgehead atoms. The highest BCUT2D eigenvalue weighted by Gasteiger charge is 2.27. The van der Waals surface area contributed by atoms with Gasteiger partial charge in [0.15, 0.2) is 0 Å². The van der Waals surface area contributed by atoms with Gasteiger partial charge >= 0.3 is 0 Å². The second-order valence-corrected chi connectivity index (χ2v) is 6.93. The lowest BCUT2D eigenvalue weighted by molar-refractivity contribution is 0.0949. The van der Waals surface area contributed by atoms with Crippen molar-refractivity contribution in [1.82, 2.24) is 9.62 Å². The summed E-state index contributed by atoms with van der Waals surface area (Å²) in [5.74, 6) is -0.302. The van der Waals surface area contributed by atoms with E-state index in [1.165, 1.54) is 10.4 Å². The van der Waals surface area contributed by atoms with E-state index in [-0.39, 0.29) is 30.2 Å². The SMILES string of the molecule is Cc1ccc(O)c(C(=O)NCCN2CCCS2(=O)=O)c1. The number of aromatic hydroxyl groups is 1. The van der Waals surface area contributed by atoms with E-state index in [1.807, 2.05) is 6.92 Å². The van der Waals surface area contributed by atoms with Gasteiger partial charge in [0.2, 0.25) is 10.0 Å². The molecule has 0 unspecified atom stereocenters. The van der Waals surface area contributed by atoms with Gasteiger partial charge in [-0.2, -0.15) is 0 Å². The highest BCUT2D eigenvalue weighted by molar-refractivity contribution is 7.89. The Morgan fingerprint density at radius 3 is 2.85 bits per heavy atom. The van der Waals surface area contributed by atoms with E-state index in [9.17, 15) is 18.3 Å². The highest BCUT2D eigenvalue weighted by atomic mass is 32.2. The minimum absolute atomic E-state index is 0.0816. The summed E-state index contributed by atoms with van der Waals surface area (Å²) in [5.41, 5.74) is 1.07. The quantitative estimate of drug-likeness (QED) is 0.846. The molecule has 1 aromatic rings. The molecular formula is C13H18N2O4S. The summed E-state index contributed by atoms with van der Waals surface area (Å²) in [6.45, 7) is 2.83. The largest absolute Gasteiger partial charge is 0.507 e. The third kappa shape index (κ3) is 3.29. The molecule has 0 radical (unpaired) electrons. The second kappa shape index (κ2) is 5.80. The fraction of sp³-hybridized carbons (Fsp3) is 0.462. The van der Waals surface area contributed by atoms with Crippen molar-refractivity contribution in [3.05, 3.63) is 29.3 Å². The van der Waals surface area contributed by atoms with E-state index in [2.05, 4.69) is 5.32 Å². The molecule has 0 atom stereocenters. The predicted octanol–water partition coefficient (Wildman–Crippen LogP) is 0.466. The first-order valence-corrected chi connectivity index (χ1v) is 8.07. The monoisotopic (exact) mass is 298 g/mol. The van der Waals surface area contributed by atoms with E-state index >= 15 is 0 Å². The van der Waals surface area contributed by atoms with Gasteiger partial charge in [-0.05, 0) is 25.5 Å². The van der Waals surface area contributed by atoms with Gasteiger partial charge in [-0.25, -0.2) is 12.7 Å². The average Bonchev–Trinajstić information content (AvgIpc) is 2.71. The summed E-state index contributed by atoms with van der Waals surface area (Å²) < 4.78 is 24.5. The van der Waals surface area contributed by atoms with E-state index in [1.54, 1.807) is 12.1 Å². The van der Waals surface area contributed by atoms with Crippen molar-refractivity contribution in [3.63, 3.8) is 0 Å². The maximum Gasteiger partial charge on any atom is 0.255 e. The molecule has 7 heteroatoms. The molecule has 1 aliphatic rings. The van der Waals surface area contributed by atoms with Gasteiger partial charge < -0.3 is 10.4 Å². The molecule has 0 aromatic heterocycles. The van der Waals surface area contributed by atoms with Crippen LogP contribution in [0.2, 0.25) is 0 Å². The van der Waals surface area contributed by atoms with Crippen molar-refractivity contribution < 1.29 is 18.3 Å². The lowest BCUT2D eigenvalue weighted by Crippen LogP contribution is -2.35. The first-order chi connectivity index (χ1) is 9.40. The van der Waals surface area contributed by atoms with Crippen LogP contribution in [-0.4, -0.2) is 49.1 Å². The Morgan fingerprint density at radius 2 is 2.20 bits per heavy atom. The number of hydrogen-bond donors (Lipinski definition) is 2. The van der Waals surface area contributed by atoms with Gasteiger partial charge in [0, 0.05) is 19.6 Å². The summed E-state index contributed by atoms with van der Waals surface area (Å²) in [4.78, 5) is 11.9. The normalized spacial score (nSPS) is 18.1. The number of rotatable bonds is 4. The second-order valence-electron chi connectivity index (χ2n) is 4.85. The van der Waals surface area contributed by atoms with Crippen LogP contribution >= 0.6 is 0 Å². The van der Waals surface area contributed by atoms with Crippen LogP contribution in [0.25, 0.3) is 0 Å². The van der Waals surface area contributed by atoms with Crippen LogP contribution < -0.4 is 5.32 Å². The Hall–Kier alpha value is -1.60. The van der Waals surface area contributed by atoms with Gasteiger partial charge in [0.25, 0.3) is 5.91 Å². The molecule has 1 amide bonds. The molecule has 0 saturated carbocycles. The number of phenols is 1. The molecule has 1 heterocycles. The number of carbonyl (C=O) groups is 1. The minimum atomic E-state index is -3.13. The summed E-state index contributed by atoms with van der Waals surface area (Å²) in [5, 5.41) is 12.3. The van der Waals surface area contributed by atoms with Crippen LogP contribution in [0.1, 0.15) is 22.3 Å². The molecule has 2 rings (SSSR count). The van der Waals surface area contributed by atoms with Crippen molar-refractivity contribution in [1.29, 1.82) is 0 Å². The van der Waals surface area contributed by atoms with Crippen LogP contribution in [0.4, 0.5) is 0 Å². The zero-order valence-corrected chi connectivity index (χ0v) is 12.1. The molecule has 0 aliphatic carbocycles.